The van der Waals surface area contributed by atoms with Gasteiger partial charge in [-0.3, -0.25) is 9.78 Å². The zero-order valence-corrected chi connectivity index (χ0v) is 18.3. The molecule has 5 nitrogen and oxygen atoms in total. The van der Waals surface area contributed by atoms with Crippen LogP contribution >= 0.6 is 0 Å². The van der Waals surface area contributed by atoms with E-state index in [0.29, 0.717) is 41.8 Å². The Bertz CT molecular complexity index is 1160. The Morgan fingerprint density at radius 2 is 1.88 bits per heavy atom. The van der Waals surface area contributed by atoms with E-state index in [2.05, 4.69) is 16.4 Å². The van der Waals surface area contributed by atoms with E-state index >= 15 is 0 Å². The van der Waals surface area contributed by atoms with Crippen LogP contribution in [0.2, 0.25) is 0 Å². The summed E-state index contributed by atoms with van der Waals surface area (Å²) in [6.45, 7) is 0.339. The number of hydrogen-bond donors (Lipinski definition) is 1. The van der Waals surface area contributed by atoms with Gasteiger partial charge in [0.25, 0.3) is 0 Å². The summed E-state index contributed by atoms with van der Waals surface area (Å²) in [5, 5.41) is 11.9. The van der Waals surface area contributed by atoms with E-state index in [1.807, 2.05) is 0 Å². The molecule has 2 aromatic carbocycles. The van der Waals surface area contributed by atoms with Gasteiger partial charge in [-0.1, -0.05) is 24.3 Å². The van der Waals surface area contributed by atoms with E-state index in [1.165, 1.54) is 43.6 Å². The molecule has 0 unspecified atom stereocenters. The molecular weight excluding hydrogens is 448 g/mol. The van der Waals surface area contributed by atoms with Gasteiger partial charge in [0.1, 0.15) is 17.6 Å². The molecule has 3 rings (SSSR count). The summed E-state index contributed by atoms with van der Waals surface area (Å²) in [5.74, 6) is -0.766. The first kappa shape index (κ1) is 24.7. The summed E-state index contributed by atoms with van der Waals surface area (Å²) in [6.07, 6.45) is -2.40. The summed E-state index contributed by atoms with van der Waals surface area (Å²) in [4.78, 5) is 18.2. The molecule has 1 atom stereocenters. The Kier molecular flexibility index (Phi) is 7.84. The second kappa shape index (κ2) is 10.8. The van der Waals surface area contributed by atoms with Gasteiger partial charge < -0.3 is 10.2 Å². The lowest BCUT2D eigenvalue weighted by atomic mass is 10.0. The first-order chi connectivity index (χ1) is 16.2. The number of aryl methyl sites for hydroxylation is 1. The first-order valence-electron chi connectivity index (χ1n) is 10.5. The molecular formula is C25H22F4N4O. The number of nitriles is 1. The number of nitrogens with zero attached hydrogens (tertiary/aromatic N) is 3. The van der Waals surface area contributed by atoms with Crippen molar-refractivity contribution in [2.75, 3.05) is 18.5 Å². The number of alkyl halides is 3. The van der Waals surface area contributed by atoms with Crippen molar-refractivity contribution in [2.45, 2.75) is 25.1 Å². The molecule has 0 spiro atoms. The van der Waals surface area contributed by atoms with E-state index in [0.717, 1.165) is 6.07 Å². The van der Waals surface area contributed by atoms with Crippen molar-refractivity contribution in [3.05, 3.63) is 95.1 Å². The van der Waals surface area contributed by atoms with E-state index in [-0.39, 0.29) is 5.91 Å². The van der Waals surface area contributed by atoms with Crippen LogP contribution in [0.1, 0.15) is 34.8 Å². The minimum absolute atomic E-state index is 0.329. The van der Waals surface area contributed by atoms with Crippen molar-refractivity contribution >= 4 is 11.6 Å². The summed E-state index contributed by atoms with van der Waals surface area (Å²) < 4.78 is 51.8. The monoisotopic (exact) mass is 470 g/mol. The fraction of sp³-hybridized carbons (Fsp3) is 0.240. The number of benzene rings is 2. The highest BCUT2D eigenvalue weighted by molar-refractivity contribution is 5.86. The van der Waals surface area contributed by atoms with Crippen LogP contribution in [0.5, 0.6) is 0 Å². The number of nitrogens with one attached hydrogen (secondary N) is 1. The molecule has 0 radical (unpaired) electrons. The summed E-state index contributed by atoms with van der Waals surface area (Å²) >= 11 is 0. The largest absolute Gasteiger partial charge is 0.433 e. The van der Waals surface area contributed by atoms with E-state index < -0.39 is 23.7 Å². The van der Waals surface area contributed by atoms with Crippen LogP contribution < -0.4 is 10.2 Å². The second-order valence-electron chi connectivity index (χ2n) is 7.58. The van der Waals surface area contributed by atoms with Crippen LogP contribution in [0.15, 0.2) is 66.9 Å². The van der Waals surface area contributed by atoms with Crippen LogP contribution in [-0.2, 0) is 17.4 Å². The Labute approximate surface area is 194 Å². The molecule has 0 saturated heterocycles. The number of anilines is 1. The quantitative estimate of drug-likeness (QED) is 0.469. The number of pyridine rings is 1. The highest BCUT2D eigenvalue weighted by atomic mass is 19.4. The normalized spacial score (nSPS) is 12.0. The SMILES string of the molecule is CNC(=O)[C@H](c1ccc(F)cc1)N(CCCc1ccc(C(F)(F)F)nc1)c1cccc(C#N)c1. The number of halogens is 4. The molecule has 9 heteroatoms. The van der Waals surface area contributed by atoms with Crippen molar-refractivity contribution in [1.82, 2.24) is 10.3 Å². The number of likely N-dealkylation sites (N-methyl/N-ethyl adjacent to an activating group) is 1. The molecule has 0 aliphatic heterocycles. The minimum atomic E-state index is -4.50. The summed E-state index contributed by atoms with van der Waals surface area (Å²) in [5.41, 5.74) is 1.24. The lowest BCUT2D eigenvalue weighted by Gasteiger charge is -2.33. The maximum absolute atomic E-state index is 13.5. The fourth-order valence-corrected chi connectivity index (χ4v) is 3.61. The molecule has 3 aromatic rings. The van der Waals surface area contributed by atoms with Crippen molar-refractivity contribution in [2.24, 2.45) is 0 Å². The molecule has 1 aromatic heterocycles. The molecule has 1 heterocycles. The maximum Gasteiger partial charge on any atom is 0.433 e. The van der Waals surface area contributed by atoms with Crippen LogP contribution in [0.4, 0.5) is 23.2 Å². The minimum Gasteiger partial charge on any atom is -0.357 e. The van der Waals surface area contributed by atoms with Gasteiger partial charge in [-0.15, -0.1) is 0 Å². The Hall–Kier alpha value is -3.93. The zero-order chi connectivity index (χ0) is 24.7. The predicted molar refractivity (Wildman–Crippen MR) is 119 cm³/mol. The van der Waals surface area contributed by atoms with Crippen molar-refractivity contribution in [3.8, 4) is 6.07 Å². The van der Waals surface area contributed by atoms with Crippen molar-refractivity contribution < 1.29 is 22.4 Å². The average Bonchev–Trinajstić information content (AvgIpc) is 2.84. The molecule has 34 heavy (non-hydrogen) atoms. The maximum atomic E-state index is 13.5. The highest BCUT2D eigenvalue weighted by Gasteiger charge is 2.32. The fourth-order valence-electron chi connectivity index (χ4n) is 3.61. The summed E-state index contributed by atoms with van der Waals surface area (Å²) in [7, 11) is 1.50. The van der Waals surface area contributed by atoms with Gasteiger partial charge in [0.05, 0.1) is 11.6 Å². The van der Waals surface area contributed by atoms with E-state index in [9.17, 15) is 27.6 Å². The van der Waals surface area contributed by atoms with Gasteiger partial charge >= 0.3 is 6.18 Å². The molecule has 0 fully saturated rings. The standard InChI is InChI=1S/C25H22F4N4O/c1-31-24(34)23(19-8-10-20(26)11-9-19)33(21-6-2-4-18(14-21)15-30)13-3-5-17-7-12-22(32-16-17)25(27,28)29/h2,4,6-12,14,16,23H,3,5,13H2,1H3,(H,31,34)/t23-/m0/s1. The second-order valence-corrected chi connectivity index (χ2v) is 7.58. The zero-order valence-electron chi connectivity index (χ0n) is 18.3. The number of rotatable bonds is 8. The van der Waals surface area contributed by atoms with Crippen LogP contribution in [0, 0.1) is 17.1 Å². The van der Waals surface area contributed by atoms with Gasteiger partial charge in [-0.25, -0.2) is 4.39 Å². The van der Waals surface area contributed by atoms with Gasteiger partial charge in [0, 0.05) is 25.5 Å². The molecule has 0 bridgehead atoms. The van der Waals surface area contributed by atoms with E-state index in [1.54, 1.807) is 29.2 Å². The van der Waals surface area contributed by atoms with Crippen molar-refractivity contribution in [1.29, 1.82) is 5.26 Å². The molecule has 0 aliphatic carbocycles. The molecule has 0 aliphatic rings. The lowest BCUT2D eigenvalue weighted by Crippen LogP contribution is -2.40. The first-order valence-corrected chi connectivity index (χ1v) is 10.5. The third kappa shape index (κ3) is 6.10. The Morgan fingerprint density at radius 3 is 2.47 bits per heavy atom. The smallest absolute Gasteiger partial charge is 0.357 e. The average molecular weight is 470 g/mol. The number of carbonyl (C=O) groups excluding carboxylic acids is 1. The number of carbonyl (C=O) groups is 1. The van der Waals surface area contributed by atoms with E-state index in [4.69, 9.17) is 0 Å². The molecule has 1 amide bonds. The van der Waals surface area contributed by atoms with Crippen LogP contribution in [0.3, 0.4) is 0 Å². The van der Waals surface area contributed by atoms with Crippen molar-refractivity contribution in [3.63, 3.8) is 0 Å². The summed E-state index contributed by atoms with van der Waals surface area (Å²) in [6, 6.07) is 15.9. The number of hydrogen-bond acceptors (Lipinski definition) is 4. The van der Waals surface area contributed by atoms with Gasteiger partial charge in [-0.05, 0) is 60.4 Å². The van der Waals surface area contributed by atoms with Crippen LogP contribution in [-0.4, -0.2) is 24.5 Å². The lowest BCUT2D eigenvalue weighted by molar-refractivity contribution is -0.141. The Morgan fingerprint density at radius 1 is 1.15 bits per heavy atom. The van der Waals surface area contributed by atoms with Gasteiger partial charge in [-0.2, -0.15) is 18.4 Å². The van der Waals surface area contributed by atoms with Crippen LogP contribution in [0.25, 0.3) is 0 Å². The molecule has 1 N–H and O–H groups in total. The topological polar surface area (TPSA) is 69.0 Å². The molecule has 0 saturated carbocycles. The van der Waals surface area contributed by atoms with Gasteiger partial charge in [0.2, 0.25) is 5.91 Å². The van der Waals surface area contributed by atoms with Gasteiger partial charge in [0.15, 0.2) is 0 Å². The Balaban J connectivity index is 1.89. The number of aromatic nitrogens is 1. The third-order valence-corrected chi connectivity index (χ3v) is 5.28. The highest BCUT2D eigenvalue weighted by Crippen LogP contribution is 2.30. The third-order valence-electron chi connectivity index (χ3n) is 5.28. The predicted octanol–water partition coefficient (Wildman–Crippen LogP) is 5.04. The number of amides is 1. The molecule has 176 valence electrons.